The van der Waals surface area contributed by atoms with Crippen molar-refractivity contribution in [3.63, 3.8) is 0 Å². The topological polar surface area (TPSA) is 125 Å². The predicted molar refractivity (Wildman–Crippen MR) is 115 cm³/mol. The lowest BCUT2D eigenvalue weighted by Gasteiger charge is -2.39. The number of pyridine rings is 2. The van der Waals surface area contributed by atoms with Crippen LogP contribution in [0.3, 0.4) is 0 Å². The molecule has 1 aliphatic rings. The highest BCUT2D eigenvalue weighted by atomic mass is 19.3. The maximum atomic E-state index is 14.1. The Morgan fingerprint density at radius 3 is 2.73 bits per heavy atom. The third-order valence-corrected chi connectivity index (χ3v) is 5.35. The highest BCUT2D eigenvalue weighted by Crippen LogP contribution is 2.31. The minimum absolute atomic E-state index is 0.0257. The summed E-state index contributed by atoms with van der Waals surface area (Å²) in [5.74, 6) is -4.73. The summed E-state index contributed by atoms with van der Waals surface area (Å²) in [5, 5.41) is 14.7. The Labute approximate surface area is 189 Å². The quantitative estimate of drug-likeness (QED) is 0.579. The van der Waals surface area contributed by atoms with E-state index in [9.17, 15) is 23.2 Å². The number of alkyl halides is 2. The van der Waals surface area contributed by atoms with E-state index in [0.29, 0.717) is 17.1 Å². The van der Waals surface area contributed by atoms with Gasteiger partial charge in [-0.05, 0) is 37.1 Å². The van der Waals surface area contributed by atoms with E-state index in [0.717, 1.165) is 4.90 Å². The smallest absolute Gasteiger partial charge is 0.335 e. The largest absolute Gasteiger partial charge is 0.478 e. The van der Waals surface area contributed by atoms with Crippen molar-refractivity contribution in [2.75, 3.05) is 18.4 Å². The summed E-state index contributed by atoms with van der Waals surface area (Å²) in [5.41, 5.74) is 1.09. The number of carboxylic acids is 1. The number of halogens is 2. The van der Waals surface area contributed by atoms with Crippen LogP contribution in [0.5, 0.6) is 0 Å². The molecule has 9 nitrogen and oxygen atoms in total. The van der Waals surface area contributed by atoms with Crippen molar-refractivity contribution in [3.8, 4) is 0 Å². The van der Waals surface area contributed by atoms with Crippen molar-refractivity contribution in [2.24, 2.45) is 0 Å². The fourth-order valence-corrected chi connectivity index (χ4v) is 3.57. The van der Waals surface area contributed by atoms with Crippen LogP contribution in [0.1, 0.15) is 51.9 Å². The zero-order chi connectivity index (χ0) is 24.2. The van der Waals surface area contributed by atoms with Crippen LogP contribution in [0, 0.1) is 6.92 Å². The van der Waals surface area contributed by atoms with Gasteiger partial charge in [0, 0.05) is 32.1 Å². The number of nitrogens with one attached hydrogen (secondary N) is 2. The van der Waals surface area contributed by atoms with Crippen LogP contribution in [-0.2, 0) is 11.3 Å². The van der Waals surface area contributed by atoms with Gasteiger partial charge in [0.25, 0.3) is 11.8 Å². The number of hydrogen-bond acceptors (Lipinski definition) is 6. The first kappa shape index (κ1) is 24.0. The standard InChI is InChI=1S/C22H25F2N5O4/c1-13-3-4-18(27-10-16-9-15(21(32)33)6-8-25-16)28-19(13)20(31)29-12-22(23,24)7-5-17(29)11-26-14(2)30/h3-4,6,8-9,17H,5,7,10-12H2,1-2H3,(H,26,30)(H,27,28)(H,32,33). The van der Waals surface area contributed by atoms with E-state index in [1.807, 2.05) is 0 Å². The molecule has 11 heteroatoms. The molecule has 0 aromatic carbocycles. The van der Waals surface area contributed by atoms with Gasteiger partial charge in [-0.25, -0.2) is 18.6 Å². The number of piperidine rings is 1. The molecule has 1 aliphatic heterocycles. The second-order valence-electron chi connectivity index (χ2n) is 7.98. The summed E-state index contributed by atoms with van der Waals surface area (Å²) in [4.78, 5) is 45.1. The van der Waals surface area contributed by atoms with Crippen molar-refractivity contribution in [2.45, 2.75) is 45.2 Å². The Morgan fingerprint density at radius 1 is 1.27 bits per heavy atom. The lowest BCUT2D eigenvalue weighted by atomic mass is 9.98. The first-order valence-corrected chi connectivity index (χ1v) is 10.4. The average Bonchev–Trinajstić information content (AvgIpc) is 2.77. The van der Waals surface area contributed by atoms with Gasteiger partial charge in [0.05, 0.1) is 24.3 Å². The van der Waals surface area contributed by atoms with Gasteiger partial charge in [-0.15, -0.1) is 0 Å². The second kappa shape index (κ2) is 9.88. The minimum atomic E-state index is -3.02. The van der Waals surface area contributed by atoms with E-state index in [-0.39, 0.29) is 43.1 Å². The maximum Gasteiger partial charge on any atom is 0.335 e. The molecular formula is C22H25F2N5O4. The van der Waals surface area contributed by atoms with E-state index in [2.05, 4.69) is 20.6 Å². The molecule has 0 bridgehead atoms. The first-order valence-electron chi connectivity index (χ1n) is 10.4. The second-order valence-corrected chi connectivity index (χ2v) is 7.98. The van der Waals surface area contributed by atoms with E-state index in [4.69, 9.17) is 5.11 Å². The molecule has 2 aromatic rings. The monoisotopic (exact) mass is 461 g/mol. The molecule has 1 atom stereocenters. The van der Waals surface area contributed by atoms with Gasteiger partial charge in [0.1, 0.15) is 11.5 Å². The van der Waals surface area contributed by atoms with Crippen molar-refractivity contribution in [1.82, 2.24) is 20.2 Å². The third kappa shape index (κ3) is 6.21. The van der Waals surface area contributed by atoms with Crippen molar-refractivity contribution in [1.29, 1.82) is 0 Å². The van der Waals surface area contributed by atoms with Crippen LogP contribution in [0.25, 0.3) is 0 Å². The number of aromatic carboxylic acids is 1. The van der Waals surface area contributed by atoms with Crippen LogP contribution < -0.4 is 10.6 Å². The molecule has 1 unspecified atom stereocenters. The summed E-state index contributed by atoms with van der Waals surface area (Å²) >= 11 is 0. The fourth-order valence-electron chi connectivity index (χ4n) is 3.57. The van der Waals surface area contributed by atoms with Crippen LogP contribution in [0.2, 0.25) is 0 Å². The zero-order valence-electron chi connectivity index (χ0n) is 18.3. The highest BCUT2D eigenvalue weighted by Gasteiger charge is 2.42. The molecule has 0 saturated carbocycles. The Hall–Kier alpha value is -3.63. The number of carboxylic acid groups (broad SMARTS) is 1. The van der Waals surface area contributed by atoms with E-state index < -0.39 is 30.4 Å². The maximum absolute atomic E-state index is 14.1. The lowest BCUT2D eigenvalue weighted by Crippen LogP contribution is -2.55. The van der Waals surface area contributed by atoms with E-state index in [1.165, 1.54) is 25.3 Å². The molecule has 3 rings (SSSR count). The molecule has 1 saturated heterocycles. The highest BCUT2D eigenvalue weighted by molar-refractivity contribution is 5.94. The SMILES string of the molecule is CC(=O)NCC1CCC(F)(F)CN1C(=O)c1nc(NCc2cc(C(=O)O)ccn2)ccc1C. The number of aryl methyl sites for hydroxylation is 1. The van der Waals surface area contributed by atoms with Gasteiger partial charge in [-0.3, -0.25) is 14.6 Å². The first-order chi connectivity index (χ1) is 15.6. The normalized spacial score (nSPS) is 17.3. The number of aromatic nitrogens is 2. The number of anilines is 1. The molecule has 33 heavy (non-hydrogen) atoms. The van der Waals surface area contributed by atoms with Gasteiger partial charge in [-0.2, -0.15) is 0 Å². The minimum Gasteiger partial charge on any atom is -0.478 e. The molecule has 3 heterocycles. The number of nitrogens with zero attached hydrogens (tertiary/aromatic N) is 3. The van der Waals surface area contributed by atoms with Gasteiger partial charge >= 0.3 is 5.97 Å². The summed E-state index contributed by atoms with van der Waals surface area (Å²) in [6, 6.07) is 5.50. The Kier molecular flexibility index (Phi) is 7.19. The number of carbonyl (C=O) groups excluding carboxylic acids is 2. The molecule has 176 valence electrons. The molecule has 2 amide bonds. The molecule has 0 radical (unpaired) electrons. The predicted octanol–water partition coefficient (Wildman–Crippen LogP) is 2.47. The van der Waals surface area contributed by atoms with E-state index >= 15 is 0 Å². The van der Waals surface area contributed by atoms with Gasteiger partial charge < -0.3 is 20.6 Å². The fraction of sp³-hybridized carbons (Fsp3) is 0.409. The Balaban J connectivity index is 1.79. The molecule has 0 aliphatic carbocycles. The third-order valence-electron chi connectivity index (χ3n) is 5.35. The number of carbonyl (C=O) groups is 3. The number of hydrogen-bond donors (Lipinski definition) is 3. The van der Waals surface area contributed by atoms with E-state index in [1.54, 1.807) is 19.1 Å². The number of rotatable bonds is 7. The molecule has 0 spiro atoms. The average molecular weight is 461 g/mol. The van der Waals surface area contributed by atoms with Crippen LogP contribution in [0.15, 0.2) is 30.5 Å². The summed E-state index contributed by atoms with van der Waals surface area (Å²) < 4.78 is 28.2. The Bertz CT molecular complexity index is 1060. The van der Waals surface area contributed by atoms with Crippen molar-refractivity contribution < 1.29 is 28.3 Å². The van der Waals surface area contributed by atoms with Crippen molar-refractivity contribution in [3.05, 3.63) is 53.0 Å². The number of likely N-dealkylation sites (tertiary alicyclic amines) is 1. The van der Waals surface area contributed by atoms with Crippen LogP contribution in [0.4, 0.5) is 14.6 Å². The van der Waals surface area contributed by atoms with Gasteiger partial charge in [-0.1, -0.05) is 6.07 Å². The molecular weight excluding hydrogens is 436 g/mol. The Morgan fingerprint density at radius 2 is 2.03 bits per heavy atom. The zero-order valence-corrected chi connectivity index (χ0v) is 18.3. The van der Waals surface area contributed by atoms with Crippen LogP contribution >= 0.6 is 0 Å². The lowest BCUT2D eigenvalue weighted by molar-refractivity contribution is -0.119. The molecule has 2 aromatic heterocycles. The molecule has 1 fully saturated rings. The van der Waals surface area contributed by atoms with Gasteiger partial charge in [0.2, 0.25) is 5.91 Å². The summed E-state index contributed by atoms with van der Waals surface area (Å²) in [6.45, 7) is 2.47. The summed E-state index contributed by atoms with van der Waals surface area (Å²) in [6.07, 6.45) is 1.07. The van der Waals surface area contributed by atoms with Crippen LogP contribution in [-0.4, -0.2) is 62.8 Å². The molecule has 3 N–H and O–H groups in total. The van der Waals surface area contributed by atoms with Crippen molar-refractivity contribution >= 4 is 23.6 Å². The number of amides is 2. The van der Waals surface area contributed by atoms with Gasteiger partial charge in [0.15, 0.2) is 0 Å². The summed E-state index contributed by atoms with van der Waals surface area (Å²) in [7, 11) is 0.